The Morgan fingerprint density at radius 2 is 2.00 bits per heavy atom. The minimum absolute atomic E-state index is 0.0683. The van der Waals surface area contributed by atoms with E-state index in [-0.39, 0.29) is 5.69 Å². The summed E-state index contributed by atoms with van der Waals surface area (Å²) in [5.74, 6) is 1.39. The summed E-state index contributed by atoms with van der Waals surface area (Å²) in [4.78, 5) is 8.39. The van der Waals surface area contributed by atoms with E-state index in [2.05, 4.69) is 9.88 Å². The van der Waals surface area contributed by atoms with Crippen LogP contribution in [-0.4, -0.2) is 50.3 Å². The third-order valence-corrected chi connectivity index (χ3v) is 4.82. The predicted molar refractivity (Wildman–Crippen MR) is 105 cm³/mol. The second-order valence-electron chi connectivity index (χ2n) is 6.71. The standard InChI is InChI=1S/C20H27FN4O2/c1-24(20-13-17(22)16(21)14-23-20)15-6-7-18(26-2)19(12-15)27-11-5-10-25-8-3-4-9-25/h6-7,12-14H,3-5,8-11H2,1-2H3,(H2,22,23). The van der Waals surface area contributed by atoms with Gasteiger partial charge in [0.05, 0.1) is 25.6 Å². The van der Waals surface area contributed by atoms with Crippen molar-refractivity contribution in [3.05, 3.63) is 36.3 Å². The van der Waals surface area contributed by atoms with Gasteiger partial charge in [0.15, 0.2) is 17.3 Å². The number of nitrogen functional groups attached to an aromatic ring is 1. The number of ether oxygens (including phenoxy) is 2. The molecule has 7 heteroatoms. The molecule has 0 amide bonds. The van der Waals surface area contributed by atoms with Crippen LogP contribution >= 0.6 is 0 Å². The number of benzene rings is 1. The molecule has 0 bridgehead atoms. The Kier molecular flexibility index (Phi) is 6.34. The molecule has 0 aliphatic carbocycles. The first-order chi connectivity index (χ1) is 13.1. The number of pyridine rings is 1. The van der Waals surface area contributed by atoms with Crippen LogP contribution in [0, 0.1) is 5.82 Å². The van der Waals surface area contributed by atoms with Gasteiger partial charge in [-0.2, -0.15) is 0 Å². The summed E-state index contributed by atoms with van der Waals surface area (Å²) in [5, 5.41) is 0. The lowest BCUT2D eigenvalue weighted by Crippen LogP contribution is -2.22. The molecule has 1 aliphatic rings. The van der Waals surface area contributed by atoms with Gasteiger partial charge in [-0.25, -0.2) is 9.37 Å². The third-order valence-electron chi connectivity index (χ3n) is 4.82. The Morgan fingerprint density at radius 3 is 2.70 bits per heavy atom. The number of nitrogens with zero attached hydrogens (tertiary/aromatic N) is 3. The van der Waals surface area contributed by atoms with Crippen LogP contribution in [0.1, 0.15) is 19.3 Å². The molecule has 1 aliphatic heterocycles. The number of methoxy groups -OCH3 is 1. The van der Waals surface area contributed by atoms with Gasteiger partial charge in [-0.3, -0.25) is 0 Å². The molecular formula is C20H27FN4O2. The molecule has 6 nitrogen and oxygen atoms in total. The minimum Gasteiger partial charge on any atom is -0.493 e. The van der Waals surface area contributed by atoms with E-state index >= 15 is 0 Å². The molecule has 2 heterocycles. The molecule has 0 atom stereocenters. The van der Waals surface area contributed by atoms with Gasteiger partial charge in [0.25, 0.3) is 0 Å². The highest BCUT2D eigenvalue weighted by molar-refractivity contribution is 5.65. The van der Waals surface area contributed by atoms with Crippen LogP contribution in [-0.2, 0) is 0 Å². The molecule has 1 saturated heterocycles. The second kappa shape index (κ2) is 8.90. The van der Waals surface area contributed by atoms with Gasteiger partial charge in [-0.05, 0) is 44.5 Å². The van der Waals surface area contributed by atoms with Crippen molar-refractivity contribution in [1.29, 1.82) is 0 Å². The highest BCUT2D eigenvalue weighted by Gasteiger charge is 2.13. The van der Waals surface area contributed by atoms with Crippen LogP contribution < -0.4 is 20.1 Å². The zero-order valence-corrected chi connectivity index (χ0v) is 15.9. The number of rotatable bonds is 8. The molecule has 0 unspecified atom stereocenters. The maximum atomic E-state index is 13.4. The van der Waals surface area contributed by atoms with E-state index in [4.69, 9.17) is 15.2 Å². The summed E-state index contributed by atoms with van der Waals surface area (Å²) in [6, 6.07) is 7.16. The molecule has 1 aromatic heterocycles. The molecule has 1 fully saturated rings. The van der Waals surface area contributed by atoms with Gasteiger partial charge in [0, 0.05) is 31.4 Å². The fourth-order valence-corrected chi connectivity index (χ4v) is 3.22. The zero-order chi connectivity index (χ0) is 19.2. The van der Waals surface area contributed by atoms with Crippen molar-refractivity contribution < 1.29 is 13.9 Å². The Labute approximate surface area is 159 Å². The van der Waals surface area contributed by atoms with E-state index in [0.717, 1.165) is 24.8 Å². The topological polar surface area (TPSA) is 63.9 Å². The van der Waals surface area contributed by atoms with Crippen molar-refractivity contribution in [2.75, 3.05) is 51.0 Å². The van der Waals surface area contributed by atoms with Gasteiger partial charge in [-0.1, -0.05) is 0 Å². The van der Waals surface area contributed by atoms with Gasteiger partial charge >= 0.3 is 0 Å². The molecule has 3 rings (SSSR count). The third kappa shape index (κ3) is 4.80. The highest BCUT2D eigenvalue weighted by Crippen LogP contribution is 2.34. The number of likely N-dealkylation sites (tertiary alicyclic amines) is 1. The second-order valence-corrected chi connectivity index (χ2v) is 6.71. The number of aromatic nitrogens is 1. The average molecular weight is 374 g/mol. The van der Waals surface area contributed by atoms with Crippen LogP contribution in [0.3, 0.4) is 0 Å². The summed E-state index contributed by atoms with van der Waals surface area (Å²) in [7, 11) is 3.47. The van der Waals surface area contributed by atoms with Gasteiger partial charge in [0.2, 0.25) is 0 Å². The Bertz CT molecular complexity index is 766. The summed E-state index contributed by atoms with van der Waals surface area (Å²) < 4.78 is 24.8. The molecule has 146 valence electrons. The van der Waals surface area contributed by atoms with E-state index in [1.165, 1.54) is 32.0 Å². The van der Waals surface area contributed by atoms with Crippen molar-refractivity contribution in [2.24, 2.45) is 0 Å². The monoisotopic (exact) mass is 374 g/mol. The van der Waals surface area contributed by atoms with Crippen molar-refractivity contribution in [1.82, 2.24) is 9.88 Å². The molecular weight excluding hydrogens is 347 g/mol. The maximum absolute atomic E-state index is 13.4. The van der Waals surface area contributed by atoms with Crippen LogP contribution in [0.5, 0.6) is 11.5 Å². The summed E-state index contributed by atoms with van der Waals surface area (Å²) >= 11 is 0. The van der Waals surface area contributed by atoms with Gasteiger partial charge in [-0.15, -0.1) is 0 Å². The molecule has 0 saturated carbocycles. The first-order valence-corrected chi connectivity index (χ1v) is 9.26. The van der Waals surface area contributed by atoms with E-state index in [1.54, 1.807) is 7.11 Å². The first kappa shape index (κ1) is 19.2. The number of nitrogens with two attached hydrogens (primary N) is 1. The normalized spacial score (nSPS) is 14.3. The lowest BCUT2D eigenvalue weighted by Gasteiger charge is -2.21. The van der Waals surface area contributed by atoms with E-state index in [0.29, 0.717) is 23.9 Å². The maximum Gasteiger partial charge on any atom is 0.164 e. The van der Waals surface area contributed by atoms with Crippen molar-refractivity contribution in [3.63, 3.8) is 0 Å². The lowest BCUT2D eigenvalue weighted by molar-refractivity contribution is 0.254. The largest absolute Gasteiger partial charge is 0.493 e. The Hall–Kier alpha value is -2.54. The van der Waals surface area contributed by atoms with Crippen LogP contribution in [0.4, 0.5) is 21.6 Å². The van der Waals surface area contributed by atoms with Crippen LogP contribution in [0.2, 0.25) is 0 Å². The number of anilines is 3. The number of hydrogen-bond donors (Lipinski definition) is 1. The molecule has 0 radical (unpaired) electrons. The quantitative estimate of drug-likeness (QED) is 0.714. The molecule has 2 N–H and O–H groups in total. The molecule has 27 heavy (non-hydrogen) atoms. The van der Waals surface area contributed by atoms with Crippen LogP contribution in [0.15, 0.2) is 30.5 Å². The zero-order valence-electron chi connectivity index (χ0n) is 15.9. The van der Waals surface area contributed by atoms with Gasteiger partial charge < -0.3 is 25.0 Å². The van der Waals surface area contributed by atoms with Gasteiger partial charge in [0.1, 0.15) is 5.82 Å². The lowest BCUT2D eigenvalue weighted by atomic mass is 10.2. The van der Waals surface area contributed by atoms with E-state index in [9.17, 15) is 4.39 Å². The fraction of sp³-hybridized carbons (Fsp3) is 0.450. The Balaban J connectivity index is 1.67. The average Bonchev–Trinajstić information content (AvgIpc) is 3.20. The number of halogens is 1. The predicted octanol–water partition coefficient (Wildman–Crippen LogP) is 3.44. The Morgan fingerprint density at radius 1 is 1.22 bits per heavy atom. The van der Waals surface area contributed by atoms with Crippen molar-refractivity contribution in [2.45, 2.75) is 19.3 Å². The molecule has 2 aromatic rings. The fourth-order valence-electron chi connectivity index (χ4n) is 3.22. The highest BCUT2D eigenvalue weighted by atomic mass is 19.1. The SMILES string of the molecule is COc1ccc(N(C)c2cc(N)c(F)cn2)cc1OCCCN1CCCC1. The first-order valence-electron chi connectivity index (χ1n) is 9.26. The molecule has 0 spiro atoms. The summed E-state index contributed by atoms with van der Waals surface area (Å²) in [6.45, 7) is 4.07. The van der Waals surface area contributed by atoms with Crippen LogP contribution in [0.25, 0.3) is 0 Å². The summed E-state index contributed by atoms with van der Waals surface area (Å²) in [5.41, 5.74) is 6.57. The van der Waals surface area contributed by atoms with E-state index < -0.39 is 5.82 Å². The van der Waals surface area contributed by atoms with Crippen molar-refractivity contribution >= 4 is 17.2 Å². The number of hydrogen-bond acceptors (Lipinski definition) is 6. The minimum atomic E-state index is -0.524. The van der Waals surface area contributed by atoms with E-state index in [1.807, 2.05) is 30.1 Å². The summed E-state index contributed by atoms with van der Waals surface area (Å²) in [6.07, 6.45) is 4.69. The molecule has 1 aromatic carbocycles. The smallest absolute Gasteiger partial charge is 0.164 e. The van der Waals surface area contributed by atoms with Crippen molar-refractivity contribution in [3.8, 4) is 11.5 Å².